The fourth-order valence-electron chi connectivity index (χ4n) is 3.94. The Morgan fingerprint density at radius 3 is 2.39 bits per heavy atom. The number of amides is 1. The van der Waals surface area contributed by atoms with Gasteiger partial charge in [0.2, 0.25) is 5.90 Å². The van der Waals surface area contributed by atoms with Crippen LogP contribution in [-0.4, -0.2) is 55.3 Å². The van der Waals surface area contributed by atoms with Crippen molar-refractivity contribution in [3.05, 3.63) is 47.9 Å². The lowest BCUT2D eigenvalue weighted by atomic mass is 9.93. The molecule has 2 aliphatic rings. The summed E-state index contributed by atoms with van der Waals surface area (Å²) in [5.41, 5.74) is 1.11. The van der Waals surface area contributed by atoms with Crippen molar-refractivity contribution < 1.29 is 18.7 Å². The number of carbonyl (C=O) groups excluding carboxylic acids is 1. The van der Waals surface area contributed by atoms with Gasteiger partial charge in [-0.25, -0.2) is 14.2 Å². The second-order valence-corrected chi connectivity index (χ2v) is 9.44. The first kappa shape index (κ1) is 23.3. The minimum Gasteiger partial charge on any atom is -0.483 e. The highest BCUT2D eigenvalue weighted by Crippen LogP contribution is 2.53. The molecule has 1 N–H and O–H groups in total. The van der Waals surface area contributed by atoms with E-state index in [0.29, 0.717) is 12.4 Å². The number of benzene rings is 1. The second kappa shape index (κ2) is 9.39. The van der Waals surface area contributed by atoms with Gasteiger partial charge in [-0.3, -0.25) is 4.90 Å². The highest BCUT2D eigenvalue weighted by molar-refractivity contribution is 5.79. The molecule has 0 spiro atoms. The van der Waals surface area contributed by atoms with Gasteiger partial charge in [-0.05, 0) is 64.2 Å². The number of allylic oxidation sites excluding steroid dienone is 1. The number of likely N-dealkylation sites (tertiary alicyclic amines) is 1. The van der Waals surface area contributed by atoms with Crippen LogP contribution in [0.25, 0.3) is 0 Å². The molecule has 1 amide bonds. The zero-order chi connectivity index (χ0) is 22.6. The van der Waals surface area contributed by atoms with Crippen molar-refractivity contribution in [1.29, 1.82) is 0 Å². The summed E-state index contributed by atoms with van der Waals surface area (Å²) in [4.78, 5) is 18.9. The summed E-state index contributed by atoms with van der Waals surface area (Å²) in [6.45, 7) is 12.0. The van der Waals surface area contributed by atoms with E-state index in [9.17, 15) is 9.18 Å². The molecule has 7 heteroatoms. The van der Waals surface area contributed by atoms with E-state index in [4.69, 9.17) is 14.5 Å². The average Bonchev–Trinajstić information content (AvgIpc) is 3.50. The Hall–Kier alpha value is -2.41. The molecule has 1 aromatic rings. The lowest BCUT2D eigenvalue weighted by molar-refractivity contribution is 0.0481. The van der Waals surface area contributed by atoms with Crippen LogP contribution in [-0.2, 0) is 14.9 Å². The van der Waals surface area contributed by atoms with Crippen LogP contribution in [0.15, 0.2) is 41.5 Å². The molecule has 31 heavy (non-hydrogen) atoms. The summed E-state index contributed by atoms with van der Waals surface area (Å²) in [5, 5.41) is 2.96. The van der Waals surface area contributed by atoms with Crippen LogP contribution >= 0.6 is 0 Å². The van der Waals surface area contributed by atoms with Crippen molar-refractivity contribution in [3.63, 3.8) is 0 Å². The summed E-state index contributed by atoms with van der Waals surface area (Å²) in [6, 6.07) is 6.71. The molecule has 1 saturated carbocycles. The number of rotatable bonds is 6. The van der Waals surface area contributed by atoms with Crippen LogP contribution in [0.3, 0.4) is 0 Å². The van der Waals surface area contributed by atoms with Crippen LogP contribution < -0.4 is 5.32 Å². The molecule has 1 aliphatic carbocycles. The number of nitrogens with zero attached hydrogens (tertiary/aromatic N) is 2. The predicted octanol–water partition coefficient (Wildman–Crippen LogP) is 4.41. The molecule has 1 aromatic carbocycles. The fourth-order valence-corrected chi connectivity index (χ4v) is 3.94. The summed E-state index contributed by atoms with van der Waals surface area (Å²) >= 11 is 0. The third-order valence-corrected chi connectivity index (χ3v) is 5.86. The van der Waals surface area contributed by atoms with Gasteiger partial charge >= 0.3 is 6.09 Å². The first-order valence-electron chi connectivity index (χ1n) is 10.9. The van der Waals surface area contributed by atoms with Crippen LogP contribution in [0.1, 0.15) is 52.0 Å². The number of piperidine rings is 1. The zero-order valence-electron chi connectivity index (χ0n) is 19.0. The van der Waals surface area contributed by atoms with E-state index < -0.39 is 5.60 Å². The lowest BCUT2D eigenvalue weighted by Gasteiger charge is -2.32. The van der Waals surface area contributed by atoms with Crippen molar-refractivity contribution in [2.24, 2.45) is 4.99 Å². The van der Waals surface area contributed by atoms with E-state index in [-0.39, 0.29) is 23.4 Å². The number of nitrogens with one attached hydrogen (secondary N) is 1. The average molecular weight is 432 g/mol. The van der Waals surface area contributed by atoms with Gasteiger partial charge in [-0.15, -0.1) is 0 Å². The van der Waals surface area contributed by atoms with E-state index in [0.717, 1.165) is 50.0 Å². The second-order valence-electron chi connectivity index (χ2n) is 9.44. The van der Waals surface area contributed by atoms with Gasteiger partial charge in [0, 0.05) is 30.2 Å². The summed E-state index contributed by atoms with van der Waals surface area (Å²) in [7, 11) is 1.63. The molecule has 0 atom stereocenters. The number of hydrogen-bond donors (Lipinski definition) is 1. The van der Waals surface area contributed by atoms with E-state index in [1.165, 1.54) is 12.1 Å². The van der Waals surface area contributed by atoms with Gasteiger partial charge < -0.3 is 14.8 Å². The largest absolute Gasteiger partial charge is 0.483 e. The van der Waals surface area contributed by atoms with Crippen molar-refractivity contribution in [2.45, 2.75) is 63.5 Å². The Kier molecular flexibility index (Phi) is 7.04. The van der Waals surface area contributed by atoms with E-state index in [2.05, 4.69) is 16.8 Å². The van der Waals surface area contributed by atoms with Gasteiger partial charge in [-0.1, -0.05) is 18.7 Å². The van der Waals surface area contributed by atoms with Crippen LogP contribution in [0.4, 0.5) is 9.18 Å². The number of alkyl carbamates (subject to hydrolysis) is 1. The quantitative estimate of drug-likeness (QED) is 0.536. The molecular weight excluding hydrogens is 397 g/mol. The molecule has 170 valence electrons. The number of aliphatic imine (C=N–C) groups is 1. The van der Waals surface area contributed by atoms with Gasteiger partial charge in [0.1, 0.15) is 11.4 Å². The first-order chi connectivity index (χ1) is 14.6. The number of halogens is 1. The van der Waals surface area contributed by atoms with Gasteiger partial charge in [0.25, 0.3) is 0 Å². The monoisotopic (exact) mass is 431 g/mol. The Morgan fingerprint density at radius 1 is 1.26 bits per heavy atom. The molecule has 1 saturated heterocycles. The maximum atomic E-state index is 13.3. The topological polar surface area (TPSA) is 63.2 Å². The molecule has 2 fully saturated rings. The molecule has 3 rings (SSSR count). The predicted molar refractivity (Wildman–Crippen MR) is 120 cm³/mol. The standard InChI is InChI=1S/C24H34FN3O3/c1-17(24(12-13-24)18-6-8-19(25)9-7-18)26-21(30-5)16-28-14-10-20(11-15-28)27-22(29)31-23(2,3)4/h6-9,20H,1,10-16H2,2-5H3,(H,27,29). The number of hydrogen-bond acceptors (Lipinski definition) is 5. The van der Waals surface area contributed by atoms with Crippen LogP contribution in [0.5, 0.6) is 0 Å². The molecule has 0 unspecified atom stereocenters. The molecule has 0 radical (unpaired) electrons. The minimum absolute atomic E-state index is 0.109. The van der Waals surface area contributed by atoms with Crippen LogP contribution in [0, 0.1) is 5.82 Å². The smallest absolute Gasteiger partial charge is 0.407 e. The number of ether oxygens (including phenoxy) is 2. The van der Waals surface area contributed by atoms with E-state index in [1.807, 2.05) is 32.9 Å². The van der Waals surface area contributed by atoms with Crippen LogP contribution in [0.2, 0.25) is 0 Å². The van der Waals surface area contributed by atoms with Gasteiger partial charge in [0.05, 0.1) is 13.7 Å². The fraction of sp³-hybridized carbons (Fsp3) is 0.583. The third kappa shape index (κ3) is 6.29. The summed E-state index contributed by atoms with van der Waals surface area (Å²) < 4.78 is 24.2. The zero-order valence-corrected chi connectivity index (χ0v) is 19.0. The molecule has 0 aromatic heterocycles. The Morgan fingerprint density at radius 2 is 1.87 bits per heavy atom. The minimum atomic E-state index is -0.496. The van der Waals surface area contributed by atoms with Crippen molar-refractivity contribution in [2.75, 3.05) is 26.7 Å². The number of methoxy groups -OCH3 is 1. The summed E-state index contributed by atoms with van der Waals surface area (Å²) in [5.74, 6) is 0.382. The normalized spacial score (nSPS) is 19.6. The SMILES string of the molecule is C=C(N=C(CN1CCC(NC(=O)OC(C)(C)C)CC1)OC)C1(c2ccc(F)cc2)CC1. The van der Waals surface area contributed by atoms with Crippen molar-refractivity contribution >= 4 is 12.0 Å². The maximum absolute atomic E-state index is 13.3. The summed E-state index contributed by atoms with van der Waals surface area (Å²) in [6.07, 6.45) is 3.24. The molecular formula is C24H34FN3O3. The molecule has 6 nitrogen and oxygen atoms in total. The highest BCUT2D eigenvalue weighted by atomic mass is 19.1. The maximum Gasteiger partial charge on any atom is 0.407 e. The number of carbonyl (C=O) groups is 1. The molecule has 0 bridgehead atoms. The van der Waals surface area contributed by atoms with E-state index in [1.54, 1.807) is 7.11 Å². The Labute approximate surface area is 184 Å². The Balaban J connectivity index is 1.52. The third-order valence-electron chi connectivity index (χ3n) is 5.86. The molecule has 1 aliphatic heterocycles. The Bertz CT molecular complexity index is 817. The lowest BCUT2D eigenvalue weighted by Crippen LogP contribution is -2.47. The molecule has 1 heterocycles. The highest BCUT2D eigenvalue weighted by Gasteiger charge is 2.47. The first-order valence-corrected chi connectivity index (χ1v) is 10.9. The van der Waals surface area contributed by atoms with E-state index >= 15 is 0 Å². The van der Waals surface area contributed by atoms with Crippen molar-refractivity contribution in [1.82, 2.24) is 10.2 Å². The van der Waals surface area contributed by atoms with Gasteiger partial charge in [0.15, 0.2) is 0 Å². The van der Waals surface area contributed by atoms with Gasteiger partial charge in [-0.2, -0.15) is 0 Å². The van der Waals surface area contributed by atoms with Crippen molar-refractivity contribution in [3.8, 4) is 0 Å².